The van der Waals surface area contributed by atoms with Crippen LogP contribution in [-0.2, 0) is 9.53 Å². The van der Waals surface area contributed by atoms with Crippen LogP contribution in [0.3, 0.4) is 0 Å². The first-order valence-electron chi connectivity index (χ1n) is 8.96. The minimum atomic E-state index is -0.378. The molecule has 4 nitrogen and oxygen atoms in total. The molecule has 0 radical (unpaired) electrons. The fraction of sp³-hybridized carbons (Fsp3) is 0.125. The highest BCUT2D eigenvalue weighted by Crippen LogP contribution is 2.32. The third kappa shape index (κ3) is 3.37. The normalized spacial score (nSPS) is 14.9. The van der Waals surface area contributed by atoms with Gasteiger partial charge in [-0.1, -0.05) is 35.9 Å². The number of esters is 1. The molecular formula is C24H20O4. The smallest absolute Gasteiger partial charge is 0.343 e. The van der Waals surface area contributed by atoms with Gasteiger partial charge in [-0.25, -0.2) is 4.79 Å². The van der Waals surface area contributed by atoms with E-state index in [4.69, 9.17) is 14.2 Å². The average molecular weight is 372 g/mol. The second kappa shape index (κ2) is 7.24. The van der Waals surface area contributed by atoms with Crippen molar-refractivity contribution < 1.29 is 19.0 Å². The Morgan fingerprint density at radius 2 is 1.68 bits per heavy atom. The van der Waals surface area contributed by atoms with E-state index in [1.807, 2.05) is 30.3 Å². The monoisotopic (exact) mass is 372 g/mol. The van der Waals surface area contributed by atoms with E-state index >= 15 is 0 Å². The summed E-state index contributed by atoms with van der Waals surface area (Å²) in [6.45, 7) is 2.07. The number of ether oxygens (including phenoxy) is 3. The van der Waals surface area contributed by atoms with Crippen molar-refractivity contribution in [3.63, 3.8) is 0 Å². The molecule has 28 heavy (non-hydrogen) atoms. The number of hydrogen-bond acceptors (Lipinski definition) is 4. The SMILES string of the molecule is COc1ccc(C=C2C=C(c3ccc4cc(C)ccc4c3)OC2=O)c(OC)c1. The average Bonchev–Trinajstić information content (AvgIpc) is 3.08. The molecule has 0 fully saturated rings. The largest absolute Gasteiger partial charge is 0.497 e. The second-order valence-corrected chi connectivity index (χ2v) is 6.67. The van der Waals surface area contributed by atoms with Crippen molar-refractivity contribution in [2.24, 2.45) is 0 Å². The fourth-order valence-electron chi connectivity index (χ4n) is 3.25. The van der Waals surface area contributed by atoms with E-state index in [0.717, 1.165) is 21.9 Å². The van der Waals surface area contributed by atoms with Crippen molar-refractivity contribution in [2.75, 3.05) is 14.2 Å². The van der Waals surface area contributed by atoms with E-state index in [-0.39, 0.29) is 5.97 Å². The number of benzene rings is 3. The first-order chi connectivity index (χ1) is 13.6. The van der Waals surface area contributed by atoms with Crippen molar-refractivity contribution in [2.45, 2.75) is 6.92 Å². The molecule has 0 bridgehead atoms. The second-order valence-electron chi connectivity index (χ2n) is 6.67. The predicted molar refractivity (Wildman–Crippen MR) is 110 cm³/mol. The van der Waals surface area contributed by atoms with Crippen LogP contribution >= 0.6 is 0 Å². The van der Waals surface area contributed by atoms with Crippen LogP contribution in [-0.4, -0.2) is 20.2 Å². The maximum atomic E-state index is 12.4. The van der Waals surface area contributed by atoms with Crippen molar-refractivity contribution >= 4 is 28.6 Å². The molecule has 3 aromatic carbocycles. The highest BCUT2D eigenvalue weighted by Gasteiger charge is 2.22. The summed E-state index contributed by atoms with van der Waals surface area (Å²) in [5.41, 5.74) is 3.34. The van der Waals surface area contributed by atoms with Gasteiger partial charge in [-0.15, -0.1) is 0 Å². The van der Waals surface area contributed by atoms with Gasteiger partial charge in [0.05, 0.1) is 19.8 Å². The van der Waals surface area contributed by atoms with E-state index in [1.165, 1.54) is 5.56 Å². The lowest BCUT2D eigenvalue weighted by atomic mass is 10.0. The minimum absolute atomic E-state index is 0.378. The number of methoxy groups -OCH3 is 2. The third-order valence-electron chi connectivity index (χ3n) is 4.76. The van der Waals surface area contributed by atoms with E-state index in [2.05, 4.69) is 25.1 Å². The summed E-state index contributed by atoms with van der Waals surface area (Å²) in [6.07, 6.45) is 3.53. The summed E-state index contributed by atoms with van der Waals surface area (Å²) in [7, 11) is 3.18. The lowest BCUT2D eigenvalue weighted by Crippen LogP contribution is -1.98. The zero-order valence-electron chi connectivity index (χ0n) is 16.0. The van der Waals surface area contributed by atoms with Crippen molar-refractivity contribution in [3.8, 4) is 11.5 Å². The summed E-state index contributed by atoms with van der Waals surface area (Å²) in [5, 5.41) is 2.27. The lowest BCUT2D eigenvalue weighted by Gasteiger charge is -2.07. The van der Waals surface area contributed by atoms with Crippen LogP contribution in [0, 0.1) is 6.92 Å². The Hall–Kier alpha value is -3.53. The van der Waals surface area contributed by atoms with Gasteiger partial charge in [-0.3, -0.25) is 0 Å². The van der Waals surface area contributed by atoms with Crippen LogP contribution < -0.4 is 9.47 Å². The molecule has 1 heterocycles. The molecule has 0 unspecified atom stereocenters. The molecule has 0 saturated heterocycles. The summed E-state index contributed by atoms with van der Waals surface area (Å²) >= 11 is 0. The molecule has 4 heteroatoms. The number of fused-ring (bicyclic) bond motifs is 1. The Morgan fingerprint density at radius 1 is 0.893 bits per heavy atom. The standard InChI is InChI=1S/C24H20O4/c1-15-4-5-17-11-19(7-6-16(17)10-15)23-13-20(24(25)28-23)12-18-8-9-21(26-2)14-22(18)27-3/h4-14H,1-3H3. The molecule has 1 aliphatic heterocycles. The molecular weight excluding hydrogens is 352 g/mol. The quantitative estimate of drug-likeness (QED) is 0.469. The van der Waals surface area contributed by atoms with Gasteiger partial charge in [0.2, 0.25) is 0 Å². The maximum absolute atomic E-state index is 12.4. The zero-order valence-corrected chi connectivity index (χ0v) is 16.0. The fourth-order valence-corrected chi connectivity index (χ4v) is 3.25. The highest BCUT2D eigenvalue weighted by molar-refractivity contribution is 6.05. The van der Waals surface area contributed by atoms with E-state index in [1.54, 1.807) is 32.4 Å². The zero-order chi connectivity index (χ0) is 19.7. The number of aryl methyl sites for hydroxylation is 1. The van der Waals surface area contributed by atoms with Gasteiger partial charge < -0.3 is 14.2 Å². The van der Waals surface area contributed by atoms with E-state index in [9.17, 15) is 4.79 Å². The summed E-state index contributed by atoms with van der Waals surface area (Å²) < 4.78 is 16.1. The Morgan fingerprint density at radius 3 is 2.46 bits per heavy atom. The van der Waals surface area contributed by atoms with Crippen molar-refractivity contribution in [1.82, 2.24) is 0 Å². The van der Waals surface area contributed by atoms with Crippen LogP contribution in [0.1, 0.15) is 16.7 Å². The topological polar surface area (TPSA) is 44.8 Å². The molecule has 0 N–H and O–H groups in total. The predicted octanol–water partition coefficient (Wildman–Crippen LogP) is 5.15. The van der Waals surface area contributed by atoms with Crippen LogP contribution in [0.25, 0.3) is 22.6 Å². The van der Waals surface area contributed by atoms with E-state index < -0.39 is 0 Å². The van der Waals surface area contributed by atoms with Crippen LogP contribution in [0.15, 0.2) is 66.2 Å². The highest BCUT2D eigenvalue weighted by atomic mass is 16.5. The molecule has 1 aliphatic rings. The third-order valence-corrected chi connectivity index (χ3v) is 4.76. The first kappa shape index (κ1) is 17.9. The van der Waals surface area contributed by atoms with Gasteiger partial charge in [0.1, 0.15) is 17.3 Å². The lowest BCUT2D eigenvalue weighted by molar-refractivity contribution is -0.130. The Kier molecular flexibility index (Phi) is 4.62. The number of cyclic esters (lactones) is 1. The first-order valence-corrected chi connectivity index (χ1v) is 8.96. The van der Waals surface area contributed by atoms with Gasteiger partial charge in [0.15, 0.2) is 0 Å². The summed E-state index contributed by atoms with van der Waals surface area (Å²) in [6, 6.07) is 17.8. The molecule has 140 valence electrons. The van der Waals surface area contributed by atoms with Crippen LogP contribution in [0.2, 0.25) is 0 Å². The minimum Gasteiger partial charge on any atom is -0.497 e. The van der Waals surface area contributed by atoms with Crippen molar-refractivity contribution in [1.29, 1.82) is 0 Å². The Bertz CT molecular complexity index is 1140. The van der Waals surface area contributed by atoms with E-state index in [0.29, 0.717) is 22.8 Å². The molecule has 4 rings (SSSR count). The summed E-state index contributed by atoms with van der Waals surface area (Å²) in [4.78, 5) is 12.4. The molecule has 0 atom stereocenters. The number of hydrogen-bond donors (Lipinski definition) is 0. The number of carbonyl (C=O) groups excluding carboxylic acids is 1. The number of carbonyl (C=O) groups is 1. The van der Waals surface area contributed by atoms with Crippen LogP contribution in [0.4, 0.5) is 0 Å². The molecule has 3 aromatic rings. The van der Waals surface area contributed by atoms with Gasteiger partial charge >= 0.3 is 5.97 Å². The molecule has 0 aromatic heterocycles. The molecule has 0 saturated carbocycles. The van der Waals surface area contributed by atoms with Gasteiger partial charge in [0.25, 0.3) is 0 Å². The Labute approximate surface area is 163 Å². The van der Waals surface area contributed by atoms with Gasteiger partial charge in [-0.05, 0) is 48.0 Å². The Balaban J connectivity index is 1.70. The molecule has 0 aliphatic carbocycles. The molecule has 0 amide bonds. The van der Waals surface area contributed by atoms with Gasteiger partial charge in [0, 0.05) is 17.2 Å². The maximum Gasteiger partial charge on any atom is 0.343 e. The van der Waals surface area contributed by atoms with Gasteiger partial charge in [-0.2, -0.15) is 0 Å². The van der Waals surface area contributed by atoms with Crippen LogP contribution in [0.5, 0.6) is 11.5 Å². The molecule has 0 spiro atoms. The summed E-state index contributed by atoms with van der Waals surface area (Å²) in [5.74, 6) is 1.49. The van der Waals surface area contributed by atoms with Crippen molar-refractivity contribution in [3.05, 3.63) is 82.9 Å². The number of rotatable bonds is 4.